The second-order valence-electron chi connectivity index (χ2n) is 5.96. The molecule has 0 spiro atoms. The SMILES string of the molecule is CC(C)NC(=O)CCNC(=O)C(C)Oc1ccn(-c2ccccc2)n1. The molecule has 1 heterocycles. The number of carbonyl (C=O) groups excluding carboxylic acids is 2. The van der Waals surface area contributed by atoms with Crippen LogP contribution in [0.2, 0.25) is 0 Å². The highest BCUT2D eigenvalue weighted by molar-refractivity contribution is 5.82. The summed E-state index contributed by atoms with van der Waals surface area (Å²) in [4.78, 5) is 23.6. The summed E-state index contributed by atoms with van der Waals surface area (Å²) < 4.78 is 7.23. The Kier molecular flexibility index (Phi) is 6.56. The van der Waals surface area contributed by atoms with Crippen LogP contribution in [0.5, 0.6) is 5.88 Å². The van der Waals surface area contributed by atoms with Gasteiger partial charge >= 0.3 is 0 Å². The van der Waals surface area contributed by atoms with E-state index in [2.05, 4.69) is 15.7 Å². The Labute approximate surface area is 147 Å². The van der Waals surface area contributed by atoms with Crippen LogP contribution in [-0.4, -0.2) is 40.3 Å². The first-order valence-electron chi connectivity index (χ1n) is 8.30. The number of nitrogens with one attached hydrogen (secondary N) is 2. The first-order valence-corrected chi connectivity index (χ1v) is 8.30. The molecule has 2 aromatic rings. The van der Waals surface area contributed by atoms with Crippen LogP contribution in [0, 0.1) is 0 Å². The zero-order valence-corrected chi connectivity index (χ0v) is 14.7. The van der Waals surface area contributed by atoms with Crippen molar-refractivity contribution in [2.75, 3.05) is 6.54 Å². The van der Waals surface area contributed by atoms with Gasteiger partial charge in [0.15, 0.2) is 6.10 Å². The number of aromatic nitrogens is 2. The highest BCUT2D eigenvalue weighted by Crippen LogP contribution is 2.13. The molecule has 0 bridgehead atoms. The first-order chi connectivity index (χ1) is 12.0. The van der Waals surface area contributed by atoms with Gasteiger partial charge in [-0.3, -0.25) is 9.59 Å². The van der Waals surface area contributed by atoms with Crippen molar-refractivity contribution in [3.63, 3.8) is 0 Å². The van der Waals surface area contributed by atoms with Crippen molar-refractivity contribution in [2.24, 2.45) is 0 Å². The minimum Gasteiger partial charge on any atom is -0.463 e. The smallest absolute Gasteiger partial charge is 0.260 e. The Hall–Kier alpha value is -2.83. The fourth-order valence-electron chi connectivity index (χ4n) is 2.17. The Morgan fingerprint density at radius 1 is 1.16 bits per heavy atom. The molecule has 0 saturated carbocycles. The van der Waals surface area contributed by atoms with Crippen LogP contribution in [0.15, 0.2) is 42.6 Å². The van der Waals surface area contributed by atoms with Gasteiger partial charge in [0.1, 0.15) is 0 Å². The third-order valence-electron chi connectivity index (χ3n) is 3.35. The Balaban J connectivity index is 1.79. The molecular formula is C18H24N4O3. The second kappa shape index (κ2) is 8.86. The number of ether oxygens (including phenoxy) is 1. The van der Waals surface area contributed by atoms with Crippen molar-refractivity contribution in [1.82, 2.24) is 20.4 Å². The number of hydrogen-bond donors (Lipinski definition) is 2. The normalized spacial score (nSPS) is 11.8. The van der Waals surface area contributed by atoms with Gasteiger partial charge < -0.3 is 15.4 Å². The third-order valence-corrected chi connectivity index (χ3v) is 3.35. The molecule has 7 heteroatoms. The number of hydrogen-bond acceptors (Lipinski definition) is 4. The van der Waals surface area contributed by atoms with Crippen molar-refractivity contribution in [3.8, 4) is 11.6 Å². The summed E-state index contributed by atoms with van der Waals surface area (Å²) in [6, 6.07) is 11.4. The number of carbonyl (C=O) groups is 2. The highest BCUT2D eigenvalue weighted by Gasteiger charge is 2.16. The molecule has 0 aliphatic rings. The number of rotatable bonds is 8. The average Bonchev–Trinajstić information content (AvgIpc) is 3.03. The molecule has 0 fully saturated rings. The molecule has 1 aromatic carbocycles. The molecular weight excluding hydrogens is 320 g/mol. The maximum atomic E-state index is 12.0. The third kappa shape index (κ3) is 5.95. The van der Waals surface area contributed by atoms with Crippen LogP contribution in [-0.2, 0) is 9.59 Å². The lowest BCUT2D eigenvalue weighted by Gasteiger charge is -2.13. The second-order valence-corrected chi connectivity index (χ2v) is 5.96. The maximum absolute atomic E-state index is 12.0. The van der Waals surface area contributed by atoms with Crippen LogP contribution in [0.4, 0.5) is 0 Å². The van der Waals surface area contributed by atoms with Crippen LogP contribution in [0.25, 0.3) is 5.69 Å². The first kappa shape index (κ1) is 18.5. The van der Waals surface area contributed by atoms with Gasteiger partial charge in [-0.25, -0.2) is 4.68 Å². The summed E-state index contributed by atoms with van der Waals surface area (Å²) in [6.45, 7) is 5.69. The summed E-state index contributed by atoms with van der Waals surface area (Å²) in [5, 5.41) is 9.75. The fraction of sp³-hybridized carbons (Fsp3) is 0.389. The Morgan fingerprint density at radius 2 is 1.88 bits per heavy atom. The Morgan fingerprint density at radius 3 is 2.56 bits per heavy atom. The summed E-state index contributed by atoms with van der Waals surface area (Å²) in [6.07, 6.45) is 1.30. The summed E-state index contributed by atoms with van der Waals surface area (Å²) in [5.74, 6) is -0.0128. The molecule has 0 aliphatic heterocycles. The van der Waals surface area contributed by atoms with E-state index >= 15 is 0 Å². The van der Waals surface area contributed by atoms with Crippen LogP contribution >= 0.6 is 0 Å². The molecule has 0 aliphatic carbocycles. The van der Waals surface area contributed by atoms with Crippen molar-refractivity contribution in [3.05, 3.63) is 42.6 Å². The molecule has 134 valence electrons. The van der Waals surface area contributed by atoms with Gasteiger partial charge in [0.2, 0.25) is 11.8 Å². The molecule has 25 heavy (non-hydrogen) atoms. The average molecular weight is 344 g/mol. The largest absolute Gasteiger partial charge is 0.463 e. The van der Waals surface area contributed by atoms with E-state index in [4.69, 9.17) is 4.74 Å². The minimum absolute atomic E-state index is 0.0881. The molecule has 1 atom stereocenters. The van der Waals surface area contributed by atoms with E-state index in [9.17, 15) is 9.59 Å². The molecule has 2 amide bonds. The zero-order valence-electron chi connectivity index (χ0n) is 14.7. The van der Waals surface area contributed by atoms with Gasteiger partial charge in [0, 0.05) is 31.3 Å². The predicted octanol–water partition coefficient (Wildman–Crippen LogP) is 1.67. The van der Waals surface area contributed by atoms with E-state index < -0.39 is 6.10 Å². The number of amides is 2. The van der Waals surface area contributed by atoms with Crippen LogP contribution in [0.1, 0.15) is 27.2 Å². The van der Waals surface area contributed by atoms with Gasteiger partial charge in [-0.2, -0.15) is 0 Å². The lowest BCUT2D eigenvalue weighted by atomic mass is 10.3. The molecule has 7 nitrogen and oxygen atoms in total. The van der Waals surface area contributed by atoms with E-state index in [0.29, 0.717) is 5.88 Å². The minimum atomic E-state index is -0.702. The predicted molar refractivity (Wildman–Crippen MR) is 94.6 cm³/mol. The van der Waals surface area contributed by atoms with Gasteiger partial charge in [-0.05, 0) is 32.9 Å². The van der Waals surface area contributed by atoms with E-state index in [0.717, 1.165) is 5.69 Å². The van der Waals surface area contributed by atoms with Crippen molar-refractivity contribution >= 4 is 11.8 Å². The standard InChI is InChI=1S/C18H24N4O3/c1-13(2)20-16(23)9-11-19-18(24)14(3)25-17-10-12-22(21-17)15-7-5-4-6-8-15/h4-8,10,12-14H,9,11H2,1-3H3,(H,19,24)(H,20,23). The monoisotopic (exact) mass is 344 g/mol. The summed E-state index contributed by atoms with van der Waals surface area (Å²) in [7, 11) is 0. The number of nitrogens with zero attached hydrogens (tertiary/aromatic N) is 2. The lowest BCUT2D eigenvalue weighted by Crippen LogP contribution is -2.39. The highest BCUT2D eigenvalue weighted by atomic mass is 16.5. The van der Waals surface area contributed by atoms with Crippen molar-refractivity contribution in [1.29, 1.82) is 0 Å². The lowest BCUT2D eigenvalue weighted by molar-refractivity contribution is -0.127. The molecule has 1 aromatic heterocycles. The molecule has 1 unspecified atom stereocenters. The Bertz CT molecular complexity index is 697. The van der Waals surface area contributed by atoms with E-state index in [1.807, 2.05) is 44.2 Å². The molecule has 2 N–H and O–H groups in total. The summed E-state index contributed by atoms with van der Waals surface area (Å²) in [5.41, 5.74) is 0.908. The maximum Gasteiger partial charge on any atom is 0.260 e. The topological polar surface area (TPSA) is 85.3 Å². The molecule has 2 rings (SSSR count). The van der Waals surface area contributed by atoms with E-state index in [1.165, 1.54) is 0 Å². The van der Waals surface area contributed by atoms with Gasteiger partial charge in [-0.15, -0.1) is 5.10 Å². The number of para-hydroxylation sites is 1. The summed E-state index contributed by atoms with van der Waals surface area (Å²) >= 11 is 0. The molecule has 0 saturated heterocycles. The van der Waals surface area contributed by atoms with Crippen molar-refractivity contribution < 1.29 is 14.3 Å². The van der Waals surface area contributed by atoms with E-state index in [1.54, 1.807) is 23.9 Å². The quantitative estimate of drug-likeness (QED) is 0.763. The van der Waals surface area contributed by atoms with Gasteiger partial charge in [0.05, 0.1) is 5.69 Å². The van der Waals surface area contributed by atoms with Gasteiger partial charge in [-0.1, -0.05) is 18.2 Å². The number of benzene rings is 1. The van der Waals surface area contributed by atoms with Crippen LogP contribution < -0.4 is 15.4 Å². The van der Waals surface area contributed by atoms with Gasteiger partial charge in [0.25, 0.3) is 5.91 Å². The zero-order chi connectivity index (χ0) is 18.2. The fourth-order valence-corrected chi connectivity index (χ4v) is 2.17. The van der Waals surface area contributed by atoms with E-state index in [-0.39, 0.29) is 30.8 Å². The molecule has 0 radical (unpaired) electrons. The van der Waals surface area contributed by atoms with Crippen molar-refractivity contribution in [2.45, 2.75) is 39.3 Å². The van der Waals surface area contributed by atoms with Crippen LogP contribution in [0.3, 0.4) is 0 Å².